The van der Waals surface area contributed by atoms with Crippen LogP contribution in [0.4, 0.5) is 0 Å². The number of allylic oxidation sites excluding steroid dienone is 5. The van der Waals surface area contributed by atoms with Crippen LogP contribution in [0.25, 0.3) is 0 Å². The van der Waals surface area contributed by atoms with Crippen LogP contribution in [0.1, 0.15) is 60.8 Å². The Balaban J connectivity index is 2.87. The van der Waals surface area contributed by atoms with Crippen LogP contribution in [0.15, 0.2) is 33.5 Å². The van der Waals surface area contributed by atoms with Crippen molar-refractivity contribution in [3.63, 3.8) is 0 Å². The van der Waals surface area contributed by atoms with Crippen molar-refractivity contribution in [2.75, 3.05) is 7.11 Å². The Morgan fingerprint density at radius 2 is 1.95 bits per heavy atom. The van der Waals surface area contributed by atoms with Gasteiger partial charge in [-0.2, -0.15) is 0 Å². The molecule has 1 aliphatic carbocycles. The van der Waals surface area contributed by atoms with Crippen LogP contribution in [0.5, 0.6) is 0 Å². The van der Waals surface area contributed by atoms with Gasteiger partial charge in [-0.3, -0.25) is 0 Å². The van der Waals surface area contributed by atoms with Gasteiger partial charge in [-0.1, -0.05) is 25.5 Å². The predicted molar refractivity (Wildman–Crippen MR) is 91.9 cm³/mol. The van der Waals surface area contributed by atoms with E-state index in [9.17, 15) is 0 Å². The highest BCUT2D eigenvalue weighted by Gasteiger charge is 2.25. The monoisotopic (exact) mass is 294 g/mol. The normalized spacial score (nSPS) is 20.4. The Labute approximate surface area is 129 Å². The van der Waals surface area contributed by atoms with Gasteiger partial charge in [0, 0.05) is 16.6 Å². The minimum Gasteiger partial charge on any atom is -0.501 e. The fourth-order valence-electron chi connectivity index (χ4n) is 2.71. The second kappa shape index (κ2) is 7.97. The lowest BCUT2D eigenvalue weighted by molar-refractivity contribution is 0.256. The Morgan fingerprint density at radius 1 is 1.30 bits per heavy atom. The van der Waals surface area contributed by atoms with Crippen molar-refractivity contribution < 1.29 is 4.74 Å². The molecule has 114 valence electrons. The van der Waals surface area contributed by atoms with Crippen molar-refractivity contribution in [1.82, 2.24) is 0 Å². The van der Waals surface area contributed by atoms with Gasteiger partial charge in [-0.05, 0) is 57.6 Å². The van der Waals surface area contributed by atoms with E-state index in [2.05, 4.69) is 59.4 Å². The minimum atomic E-state index is 0.589. The molecule has 0 aromatic heterocycles. The molecule has 0 spiro atoms. The van der Waals surface area contributed by atoms with Crippen LogP contribution in [0, 0.1) is 5.92 Å². The molecule has 0 radical (unpaired) electrons. The number of ether oxygens (including phenoxy) is 1. The molecule has 1 unspecified atom stereocenters. The van der Waals surface area contributed by atoms with Gasteiger partial charge in [0.25, 0.3) is 0 Å². The van der Waals surface area contributed by atoms with E-state index in [1.54, 1.807) is 0 Å². The third kappa shape index (κ3) is 4.44. The molecule has 0 aliphatic heterocycles. The van der Waals surface area contributed by atoms with Gasteiger partial charge in [0.1, 0.15) is 0 Å². The smallest absolute Gasteiger partial charge is 0.0950 e. The van der Waals surface area contributed by atoms with E-state index in [0.29, 0.717) is 11.2 Å². The maximum Gasteiger partial charge on any atom is 0.0950 e. The predicted octanol–water partition coefficient (Wildman–Crippen LogP) is 6.09. The zero-order valence-electron chi connectivity index (χ0n) is 14.2. The molecule has 1 aliphatic rings. The Morgan fingerprint density at radius 3 is 2.40 bits per heavy atom. The lowest BCUT2D eigenvalue weighted by Crippen LogP contribution is -2.17. The van der Waals surface area contributed by atoms with Crippen molar-refractivity contribution in [2.24, 2.45) is 5.92 Å². The van der Waals surface area contributed by atoms with Gasteiger partial charge in [-0.25, -0.2) is 0 Å². The molecule has 0 N–H and O–H groups in total. The van der Waals surface area contributed by atoms with Crippen LogP contribution in [-0.4, -0.2) is 12.4 Å². The van der Waals surface area contributed by atoms with E-state index in [4.69, 9.17) is 4.74 Å². The molecule has 2 heteroatoms. The van der Waals surface area contributed by atoms with E-state index < -0.39 is 0 Å². The Hall–Kier alpha value is -0.630. The topological polar surface area (TPSA) is 9.23 Å². The molecule has 0 saturated heterocycles. The first-order valence-electron chi connectivity index (χ1n) is 7.64. The van der Waals surface area contributed by atoms with Crippen molar-refractivity contribution in [1.29, 1.82) is 0 Å². The first-order chi connectivity index (χ1) is 9.40. The molecule has 1 atom stereocenters. The fraction of sp³-hybridized carbons (Fsp3) is 0.667. The highest BCUT2D eigenvalue weighted by atomic mass is 32.2. The largest absolute Gasteiger partial charge is 0.501 e. The summed E-state index contributed by atoms with van der Waals surface area (Å²) in [6.45, 7) is 13.3. The van der Waals surface area contributed by atoms with Gasteiger partial charge >= 0.3 is 0 Å². The number of rotatable bonds is 5. The molecule has 1 rings (SSSR count). The van der Waals surface area contributed by atoms with Crippen LogP contribution < -0.4 is 0 Å². The second-order valence-corrected chi connectivity index (χ2v) is 7.40. The lowest BCUT2D eigenvalue weighted by Gasteiger charge is -2.29. The SMILES string of the molecule is C/C=C(/C)C(SC1CCC(OC)=C(C(C)C)C1)=C(C)C. The standard InChI is InChI=1S/C18H30OS/c1-8-14(6)18(13(4)5)20-15-9-10-17(19-7)16(11-15)12(2)3/h8,12,15H,9-11H2,1-7H3/b14-8-. The van der Waals surface area contributed by atoms with E-state index in [0.717, 1.165) is 6.42 Å². The Bertz CT molecular complexity index is 423. The van der Waals surface area contributed by atoms with Crippen molar-refractivity contribution in [3.05, 3.63) is 33.5 Å². The first-order valence-corrected chi connectivity index (χ1v) is 8.51. The number of hydrogen-bond acceptors (Lipinski definition) is 2. The van der Waals surface area contributed by atoms with Gasteiger partial charge in [0.15, 0.2) is 0 Å². The summed E-state index contributed by atoms with van der Waals surface area (Å²) in [7, 11) is 1.82. The van der Waals surface area contributed by atoms with Gasteiger partial charge in [0.2, 0.25) is 0 Å². The molecule has 0 amide bonds. The summed E-state index contributed by atoms with van der Waals surface area (Å²) in [6, 6.07) is 0. The minimum absolute atomic E-state index is 0.589. The summed E-state index contributed by atoms with van der Waals surface area (Å²) >= 11 is 2.06. The van der Waals surface area contributed by atoms with Crippen LogP contribution in [0.3, 0.4) is 0 Å². The molecule has 0 heterocycles. The lowest BCUT2D eigenvalue weighted by atomic mass is 9.89. The van der Waals surface area contributed by atoms with Crippen LogP contribution >= 0.6 is 11.8 Å². The molecule has 0 bridgehead atoms. The third-order valence-corrected chi connectivity index (χ3v) is 5.67. The third-order valence-electron chi connectivity index (χ3n) is 3.97. The van der Waals surface area contributed by atoms with Crippen molar-refractivity contribution in [2.45, 2.75) is 66.1 Å². The van der Waals surface area contributed by atoms with E-state index in [1.807, 2.05) is 7.11 Å². The molecule has 1 nitrogen and oxygen atoms in total. The first kappa shape index (κ1) is 17.4. The maximum absolute atomic E-state index is 5.58. The van der Waals surface area contributed by atoms with Crippen LogP contribution in [-0.2, 0) is 4.74 Å². The van der Waals surface area contributed by atoms with Gasteiger partial charge < -0.3 is 4.74 Å². The number of hydrogen-bond donors (Lipinski definition) is 0. The molecule has 0 fully saturated rings. The fourth-order valence-corrected chi connectivity index (χ4v) is 4.08. The maximum atomic E-state index is 5.58. The highest BCUT2D eigenvalue weighted by molar-refractivity contribution is 8.03. The van der Waals surface area contributed by atoms with Crippen LogP contribution in [0.2, 0.25) is 0 Å². The molecule has 0 saturated carbocycles. The zero-order valence-corrected chi connectivity index (χ0v) is 15.0. The highest BCUT2D eigenvalue weighted by Crippen LogP contribution is 2.41. The number of thioether (sulfide) groups is 1. The summed E-state index contributed by atoms with van der Waals surface area (Å²) in [5.41, 5.74) is 4.35. The zero-order chi connectivity index (χ0) is 15.3. The van der Waals surface area contributed by atoms with Crippen molar-refractivity contribution >= 4 is 11.8 Å². The molecule has 0 aromatic carbocycles. The molecule has 20 heavy (non-hydrogen) atoms. The summed E-state index contributed by atoms with van der Waals surface area (Å²) in [5.74, 6) is 1.82. The van der Waals surface area contributed by atoms with E-state index >= 15 is 0 Å². The van der Waals surface area contributed by atoms with E-state index in [1.165, 1.54) is 40.2 Å². The quantitative estimate of drug-likeness (QED) is 0.567. The molecule has 0 aromatic rings. The number of methoxy groups -OCH3 is 1. The van der Waals surface area contributed by atoms with Gasteiger partial charge in [-0.15, -0.1) is 11.8 Å². The molecular weight excluding hydrogens is 264 g/mol. The van der Waals surface area contributed by atoms with Crippen molar-refractivity contribution in [3.8, 4) is 0 Å². The summed E-state index contributed by atoms with van der Waals surface area (Å²) in [4.78, 5) is 1.47. The average Bonchev–Trinajstić information content (AvgIpc) is 2.43. The average molecular weight is 295 g/mol. The summed E-state index contributed by atoms with van der Waals surface area (Å²) < 4.78 is 5.58. The summed E-state index contributed by atoms with van der Waals surface area (Å²) in [6.07, 6.45) is 5.70. The summed E-state index contributed by atoms with van der Waals surface area (Å²) in [5, 5.41) is 0.686. The second-order valence-electron chi connectivity index (χ2n) is 6.09. The Kier molecular flexibility index (Phi) is 6.94. The van der Waals surface area contributed by atoms with E-state index in [-0.39, 0.29) is 0 Å². The molecular formula is C18H30OS. The van der Waals surface area contributed by atoms with Gasteiger partial charge in [0.05, 0.1) is 12.9 Å².